The fraction of sp³-hybridized carbons (Fsp3) is 0.261. The molecule has 0 unspecified atom stereocenters. The first-order valence-corrected chi connectivity index (χ1v) is 12.8. The molecule has 0 aliphatic rings. The van der Waals surface area contributed by atoms with Gasteiger partial charge in [-0.15, -0.1) is 32.9 Å². The predicted octanol–water partition coefficient (Wildman–Crippen LogP) is 5.59. The summed E-state index contributed by atoms with van der Waals surface area (Å²) in [7, 11) is 0. The number of nitrogens with zero attached hydrogens (tertiary/aromatic N) is 3. The lowest BCUT2D eigenvalue weighted by molar-refractivity contribution is -0.119. The molecule has 0 radical (unpaired) electrons. The first-order valence-electron chi connectivity index (χ1n) is 10.1. The molecule has 0 fully saturated rings. The summed E-state index contributed by atoms with van der Waals surface area (Å²) in [4.78, 5) is 15.2. The lowest BCUT2D eigenvalue weighted by Gasteiger charge is -2.21. The molecule has 1 atom stereocenters. The van der Waals surface area contributed by atoms with Gasteiger partial charge in [0.25, 0.3) is 0 Å². The van der Waals surface area contributed by atoms with Gasteiger partial charge in [0.15, 0.2) is 5.16 Å². The average Bonchev–Trinajstić information content (AvgIpc) is 3.54. The molecule has 0 bridgehead atoms. The third-order valence-corrected chi connectivity index (χ3v) is 7.55. The maximum absolute atomic E-state index is 12.8. The molecule has 4 aromatic rings. The van der Waals surface area contributed by atoms with Gasteiger partial charge in [0.1, 0.15) is 5.82 Å². The summed E-state index contributed by atoms with van der Waals surface area (Å²) in [6, 6.07) is 18.3. The van der Waals surface area contributed by atoms with Gasteiger partial charge in [0.05, 0.1) is 11.8 Å². The van der Waals surface area contributed by atoms with Crippen LogP contribution in [0.1, 0.15) is 35.5 Å². The van der Waals surface area contributed by atoms with Crippen molar-refractivity contribution in [2.45, 2.75) is 31.5 Å². The molecular weight excluding hydrogens is 444 g/mol. The van der Waals surface area contributed by atoms with Crippen molar-refractivity contribution >= 4 is 40.3 Å². The van der Waals surface area contributed by atoms with Crippen LogP contribution in [0.15, 0.2) is 70.5 Å². The Morgan fingerprint density at radius 3 is 2.48 bits per heavy atom. The number of benzene rings is 1. The highest BCUT2D eigenvalue weighted by Gasteiger charge is 2.21. The van der Waals surface area contributed by atoms with E-state index in [4.69, 9.17) is 0 Å². The molecule has 0 aliphatic heterocycles. The molecule has 31 heavy (non-hydrogen) atoms. The molecule has 0 saturated heterocycles. The van der Waals surface area contributed by atoms with Gasteiger partial charge in [0.2, 0.25) is 5.91 Å². The topological polar surface area (TPSA) is 59.8 Å². The van der Waals surface area contributed by atoms with Crippen LogP contribution in [0.5, 0.6) is 0 Å². The van der Waals surface area contributed by atoms with Gasteiger partial charge in [-0.25, -0.2) is 0 Å². The van der Waals surface area contributed by atoms with Gasteiger partial charge in [-0.1, -0.05) is 55.9 Å². The second-order valence-corrected chi connectivity index (χ2v) is 10.4. The second kappa shape index (κ2) is 10.3. The fourth-order valence-corrected chi connectivity index (χ4v) is 5.73. The van der Waals surface area contributed by atoms with Crippen molar-refractivity contribution < 1.29 is 4.79 Å². The van der Waals surface area contributed by atoms with Crippen LogP contribution in [0.25, 0.3) is 5.69 Å². The van der Waals surface area contributed by atoms with Crippen LogP contribution in [-0.4, -0.2) is 26.4 Å². The standard InChI is InChI=1S/C23H24N4OS3/c1-16(2)22(19-11-7-13-30-19)24-21(28)15-31-23-26-25-20(14-18-10-6-12-29-18)27(23)17-8-4-3-5-9-17/h3-13,16,22H,14-15H2,1-2H3,(H,24,28)/t22-/m1/s1. The molecule has 5 nitrogen and oxygen atoms in total. The number of carbonyl (C=O) groups is 1. The molecule has 160 valence electrons. The van der Waals surface area contributed by atoms with E-state index in [1.54, 1.807) is 22.7 Å². The first kappa shape index (κ1) is 21.8. The Kier molecular flexibility index (Phi) is 7.21. The SMILES string of the molecule is CC(C)[C@@H](NC(=O)CSc1nnc(Cc2cccs2)n1-c1ccccc1)c1cccs1. The summed E-state index contributed by atoms with van der Waals surface area (Å²) >= 11 is 4.80. The third kappa shape index (κ3) is 5.44. The molecule has 1 amide bonds. The number of thiophene rings is 2. The van der Waals surface area contributed by atoms with Crippen molar-refractivity contribution in [3.8, 4) is 5.69 Å². The average molecular weight is 469 g/mol. The van der Waals surface area contributed by atoms with Gasteiger partial charge in [-0.05, 0) is 40.9 Å². The number of carbonyl (C=O) groups excluding carboxylic acids is 1. The minimum Gasteiger partial charge on any atom is -0.347 e. The minimum atomic E-state index is -0.000446. The molecule has 1 N–H and O–H groups in total. The van der Waals surface area contributed by atoms with Gasteiger partial charge in [0, 0.05) is 21.9 Å². The minimum absolute atomic E-state index is 0.000446. The van der Waals surface area contributed by atoms with E-state index >= 15 is 0 Å². The summed E-state index contributed by atoms with van der Waals surface area (Å²) in [5, 5.41) is 16.9. The molecule has 0 saturated carbocycles. The monoisotopic (exact) mass is 468 g/mol. The van der Waals surface area contributed by atoms with E-state index in [9.17, 15) is 4.79 Å². The zero-order valence-electron chi connectivity index (χ0n) is 17.4. The third-order valence-electron chi connectivity index (χ3n) is 4.79. The lowest BCUT2D eigenvalue weighted by atomic mass is 10.0. The van der Waals surface area contributed by atoms with Crippen LogP contribution in [0.3, 0.4) is 0 Å². The normalized spacial score (nSPS) is 12.2. The molecular formula is C23H24N4OS3. The van der Waals surface area contributed by atoms with Crippen LogP contribution < -0.4 is 5.32 Å². The van der Waals surface area contributed by atoms with Crippen molar-refractivity contribution in [3.05, 3.63) is 80.9 Å². The highest BCUT2D eigenvalue weighted by atomic mass is 32.2. The zero-order chi connectivity index (χ0) is 21.6. The quantitative estimate of drug-likeness (QED) is 0.326. The number of para-hydroxylation sites is 1. The van der Waals surface area contributed by atoms with Gasteiger partial charge >= 0.3 is 0 Å². The van der Waals surface area contributed by atoms with Crippen LogP contribution in [0.4, 0.5) is 0 Å². The number of thioether (sulfide) groups is 1. The Morgan fingerprint density at radius 2 is 1.81 bits per heavy atom. The van der Waals surface area contributed by atoms with Gasteiger partial charge < -0.3 is 5.32 Å². The smallest absolute Gasteiger partial charge is 0.230 e. The Balaban J connectivity index is 1.50. The number of hydrogen-bond acceptors (Lipinski definition) is 6. The Morgan fingerprint density at radius 1 is 1.03 bits per heavy atom. The molecule has 8 heteroatoms. The second-order valence-electron chi connectivity index (χ2n) is 7.42. The summed E-state index contributed by atoms with van der Waals surface area (Å²) in [6.45, 7) is 4.25. The Hall–Kier alpha value is -2.42. The summed E-state index contributed by atoms with van der Waals surface area (Å²) in [5.74, 6) is 1.48. The van der Waals surface area contributed by atoms with Crippen molar-refractivity contribution in [1.29, 1.82) is 0 Å². The zero-order valence-corrected chi connectivity index (χ0v) is 19.8. The van der Waals surface area contributed by atoms with E-state index < -0.39 is 0 Å². The van der Waals surface area contributed by atoms with Gasteiger partial charge in [-0.2, -0.15) is 0 Å². The molecule has 1 aromatic carbocycles. The highest BCUT2D eigenvalue weighted by molar-refractivity contribution is 7.99. The van der Waals surface area contributed by atoms with E-state index in [2.05, 4.69) is 51.4 Å². The van der Waals surface area contributed by atoms with E-state index in [0.29, 0.717) is 18.1 Å². The molecule has 4 rings (SSSR count). The van der Waals surface area contributed by atoms with Crippen LogP contribution in [0.2, 0.25) is 0 Å². The fourth-order valence-electron chi connectivity index (χ4n) is 3.29. The lowest BCUT2D eigenvalue weighted by Crippen LogP contribution is -2.32. The van der Waals surface area contributed by atoms with Crippen molar-refractivity contribution in [2.24, 2.45) is 5.92 Å². The predicted molar refractivity (Wildman–Crippen MR) is 129 cm³/mol. The van der Waals surface area contributed by atoms with Crippen molar-refractivity contribution in [2.75, 3.05) is 5.75 Å². The van der Waals surface area contributed by atoms with E-state index in [1.165, 1.54) is 21.5 Å². The molecule has 0 aliphatic carbocycles. The summed E-state index contributed by atoms with van der Waals surface area (Å²) in [5.41, 5.74) is 1.00. The van der Waals surface area contributed by atoms with Crippen LogP contribution >= 0.6 is 34.4 Å². The largest absolute Gasteiger partial charge is 0.347 e. The van der Waals surface area contributed by atoms with Gasteiger partial charge in [-0.3, -0.25) is 9.36 Å². The molecule has 3 heterocycles. The summed E-state index contributed by atoms with van der Waals surface area (Å²) < 4.78 is 2.05. The van der Waals surface area contributed by atoms with Crippen LogP contribution in [-0.2, 0) is 11.2 Å². The molecule has 0 spiro atoms. The maximum atomic E-state index is 12.8. The van der Waals surface area contributed by atoms with E-state index in [-0.39, 0.29) is 11.9 Å². The van der Waals surface area contributed by atoms with Crippen LogP contribution in [0, 0.1) is 5.92 Å². The summed E-state index contributed by atoms with van der Waals surface area (Å²) in [6.07, 6.45) is 0.708. The molecule has 3 aromatic heterocycles. The number of rotatable bonds is 9. The Bertz CT molecular complexity index is 1090. The number of nitrogens with one attached hydrogen (secondary N) is 1. The number of hydrogen-bond donors (Lipinski definition) is 1. The maximum Gasteiger partial charge on any atom is 0.230 e. The van der Waals surface area contributed by atoms with E-state index in [0.717, 1.165) is 16.7 Å². The number of amides is 1. The van der Waals surface area contributed by atoms with Crippen molar-refractivity contribution in [3.63, 3.8) is 0 Å². The number of aromatic nitrogens is 3. The first-order chi connectivity index (χ1) is 15.1. The Labute approximate surface area is 194 Å². The highest BCUT2D eigenvalue weighted by Crippen LogP contribution is 2.27. The van der Waals surface area contributed by atoms with Crippen molar-refractivity contribution in [1.82, 2.24) is 20.1 Å². The van der Waals surface area contributed by atoms with E-state index in [1.807, 2.05) is 47.8 Å².